The fourth-order valence-corrected chi connectivity index (χ4v) is 1.05. The average Bonchev–Trinajstić information content (AvgIpc) is 2.17. The number of benzene rings is 1. The standard InChI is InChI=1S/C10H12N2O3/c1-2-9(13)11-7-4-3-5-8(6-7)12-10(14)15/h3-6,12H,2H2,1H3,(H,11,13)(H,14,15). The van der Waals surface area contributed by atoms with Crippen LogP contribution in [0.15, 0.2) is 24.3 Å². The van der Waals surface area contributed by atoms with Gasteiger partial charge in [-0.25, -0.2) is 4.79 Å². The van der Waals surface area contributed by atoms with Crippen LogP contribution in [-0.4, -0.2) is 17.1 Å². The van der Waals surface area contributed by atoms with E-state index in [0.29, 0.717) is 17.8 Å². The Balaban J connectivity index is 2.74. The molecule has 0 aliphatic carbocycles. The molecule has 0 aliphatic rings. The van der Waals surface area contributed by atoms with Crippen molar-refractivity contribution in [1.82, 2.24) is 0 Å². The lowest BCUT2D eigenvalue weighted by atomic mass is 10.2. The summed E-state index contributed by atoms with van der Waals surface area (Å²) in [7, 11) is 0. The van der Waals surface area contributed by atoms with Crippen molar-refractivity contribution in [2.24, 2.45) is 0 Å². The van der Waals surface area contributed by atoms with Gasteiger partial charge in [0.15, 0.2) is 0 Å². The Bertz CT molecular complexity index is 377. The normalized spacial score (nSPS) is 9.40. The van der Waals surface area contributed by atoms with E-state index in [1.54, 1.807) is 31.2 Å². The number of amides is 2. The van der Waals surface area contributed by atoms with E-state index in [1.807, 2.05) is 0 Å². The first kappa shape index (κ1) is 11.0. The highest BCUT2D eigenvalue weighted by Crippen LogP contribution is 2.14. The van der Waals surface area contributed by atoms with Crippen LogP contribution in [0.5, 0.6) is 0 Å². The monoisotopic (exact) mass is 208 g/mol. The highest BCUT2D eigenvalue weighted by molar-refractivity contribution is 5.91. The zero-order valence-electron chi connectivity index (χ0n) is 8.28. The summed E-state index contributed by atoms with van der Waals surface area (Å²) in [5, 5.41) is 13.3. The van der Waals surface area contributed by atoms with E-state index in [0.717, 1.165) is 0 Å². The summed E-state index contributed by atoms with van der Waals surface area (Å²) in [6.07, 6.45) is -0.745. The topological polar surface area (TPSA) is 78.4 Å². The maximum Gasteiger partial charge on any atom is 0.409 e. The molecule has 0 aromatic heterocycles. The number of carbonyl (C=O) groups excluding carboxylic acids is 1. The van der Waals surface area contributed by atoms with Crippen LogP contribution < -0.4 is 10.6 Å². The number of hydrogen-bond acceptors (Lipinski definition) is 2. The molecule has 5 nitrogen and oxygen atoms in total. The van der Waals surface area contributed by atoms with E-state index >= 15 is 0 Å². The summed E-state index contributed by atoms with van der Waals surface area (Å²) in [6, 6.07) is 6.52. The Morgan fingerprint density at radius 1 is 1.27 bits per heavy atom. The molecular formula is C10H12N2O3. The molecule has 0 radical (unpaired) electrons. The molecule has 0 spiro atoms. The highest BCUT2D eigenvalue weighted by atomic mass is 16.4. The van der Waals surface area contributed by atoms with Gasteiger partial charge in [0.1, 0.15) is 0 Å². The highest BCUT2D eigenvalue weighted by Gasteiger charge is 2.01. The van der Waals surface area contributed by atoms with Crippen molar-refractivity contribution >= 4 is 23.4 Å². The summed E-state index contributed by atoms with van der Waals surface area (Å²) in [5.74, 6) is -0.109. The Morgan fingerprint density at radius 2 is 1.87 bits per heavy atom. The maximum absolute atomic E-state index is 11.1. The minimum atomic E-state index is -1.13. The van der Waals surface area contributed by atoms with Crippen LogP contribution in [0.3, 0.4) is 0 Å². The van der Waals surface area contributed by atoms with Gasteiger partial charge < -0.3 is 10.4 Å². The zero-order chi connectivity index (χ0) is 11.3. The molecule has 2 amide bonds. The first-order valence-corrected chi connectivity index (χ1v) is 4.51. The molecule has 0 unspecified atom stereocenters. The lowest BCUT2D eigenvalue weighted by molar-refractivity contribution is -0.115. The second kappa shape index (κ2) is 4.99. The van der Waals surface area contributed by atoms with Crippen molar-refractivity contribution in [3.63, 3.8) is 0 Å². The van der Waals surface area contributed by atoms with Gasteiger partial charge in [-0.2, -0.15) is 0 Å². The molecule has 80 valence electrons. The fraction of sp³-hybridized carbons (Fsp3) is 0.200. The third-order valence-corrected chi connectivity index (χ3v) is 1.72. The number of hydrogen-bond donors (Lipinski definition) is 3. The van der Waals surface area contributed by atoms with Gasteiger partial charge in [-0.1, -0.05) is 13.0 Å². The molecule has 15 heavy (non-hydrogen) atoms. The van der Waals surface area contributed by atoms with Gasteiger partial charge in [-0.3, -0.25) is 10.1 Å². The zero-order valence-corrected chi connectivity index (χ0v) is 8.28. The first-order valence-electron chi connectivity index (χ1n) is 4.51. The summed E-state index contributed by atoms with van der Waals surface area (Å²) >= 11 is 0. The van der Waals surface area contributed by atoms with Gasteiger partial charge >= 0.3 is 6.09 Å². The molecule has 0 saturated heterocycles. The molecule has 1 aromatic carbocycles. The van der Waals surface area contributed by atoms with Gasteiger partial charge in [0.05, 0.1) is 0 Å². The molecule has 1 aromatic rings. The van der Waals surface area contributed by atoms with Crippen LogP contribution in [0.1, 0.15) is 13.3 Å². The van der Waals surface area contributed by atoms with Gasteiger partial charge in [-0.15, -0.1) is 0 Å². The Labute approximate surface area is 87.1 Å². The van der Waals surface area contributed by atoms with Crippen molar-refractivity contribution in [2.45, 2.75) is 13.3 Å². The van der Waals surface area contributed by atoms with E-state index in [2.05, 4.69) is 10.6 Å². The molecule has 0 heterocycles. The van der Waals surface area contributed by atoms with Crippen LogP contribution in [0.2, 0.25) is 0 Å². The number of rotatable bonds is 3. The Kier molecular flexibility index (Phi) is 3.68. The molecule has 0 saturated carbocycles. The lowest BCUT2D eigenvalue weighted by Crippen LogP contribution is -2.11. The third kappa shape index (κ3) is 3.68. The van der Waals surface area contributed by atoms with Crippen LogP contribution in [-0.2, 0) is 4.79 Å². The predicted octanol–water partition coefficient (Wildman–Crippen LogP) is 2.12. The maximum atomic E-state index is 11.1. The van der Waals surface area contributed by atoms with Gasteiger partial charge in [0.25, 0.3) is 0 Å². The van der Waals surface area contributed by atoms with Crippen LogP contribution in [0.25, 0.3) is 0 Å². The third-order valence-electron chi connectivity index (χ3n) is 1.72. The number of anilines is 2. The fourth-order valence-electron chi connectivity index (χ4n) is 1.05. The van der Waals surface area contributed by atoms with Crippen molar-refractivity contribution in [3.05, 3.63) is 24.3 Å². The molecule has 0 aliphatic heterocycles. The minimum absolute atomic E-state index is 0.109. The molecule has 0 bridgehead atoms. The first-order chi connectivity index (χ1) is 7.11. The largest absolute Gasteiger partial charge is 0.465 e. The van der Waals surface area contributed by atoms with Crippen molar-refractivity contribution in [1.29, 1.82) is 0 Å². The Hall–Kier alpha value is -2.04. The average molecular weight is 208 g/mol. The molecule has 1 rings (SSSR count). The van der Waals surface area contributed by atoms with Crippen LogP contribution in [0, 0.1) is 0 Å². The summed E-state index contributed by atoms with van der Waals surface area (Å²) in [6.45, 7) is 1.74. The smallest absolute Gasteiger partial charge is 0.409 e. The molecule has 5 heteroatoms. The van der Waals surface area contributed by atoms with E-state index in [4.69, 9.17) is 5.11 Å². The number of carboxylic acid groups (broad SMARTS) is 1. The number of nitrogens with one attached hydrogen (secondary N) is 2. The summed E-state index contributed by atoms with van der Waals surface area (Å²) in [4.78, 5) is 21.4. The van der Waals surface area contributed by atoms with Crippen molar-refractivity contribution in [3.8, 4) is 0 Å². The molecule has 0 fully saturated rings. The van der Waals surface area contributed by atoms with Crippen molar-refractivity contribution < 1.29 is 14.7 Å². The second-order valence-corrected chi connectivity index (χ2v) is 2.91. The van der Waals surface area contributed by atoms with Crippen LogP contribution >= 0.6 is 0 Å². The van der Waals surface area contributed by atoms with Gasteiger partial charge in [0, 0.05) is 17.8 Å². The molecule has 3 N–H and O–H groups in total. The van der Waals surface area contributed by atoms with Gasteiger partial charge in [-0.05, 0) is 18.2 Å². The molecule has 0 atom stereocenters. The molecular weight excluding hydrogens is 196 g/mol. The van der Waals surface area contributed by atoms with E-state index < -0.39 is 6.09 Å². The van der Waals surface area contributed by atoms with E-state index in [9.17, 15) is 9.59 Å². The predicted molar refractivity (Wildman–Crippen MR) is 57.0 cm³/mol. The van der Waals surface area contributed by atoms with Crippen LogP contribution in [0.4, 0.5) is 16.2 Å². The quantitative estimate of drug-likeness (QED) is 0.711. The number of carbonyl (C=O) groups is 2. The summed E-state index contributed by atoms with van der Waals surface area (Å²) < 4.78 is 0. The van der Waals surface area contributed by atoms with Crippen molar-refractivity contribution in [2.75, 3.05) is 10.6 Å². The lowest BCUT2D eigenvalue weighted by Gasteiger charge is -2.05. The van der Waals surface area contributed by atoms with Gasteiger partial charge in [0.2, 0.25) is 5.91 Å². The van der Waals surface area contributed by atoms with E-state index in [1.165, 1.54) is 0 Å². The Morgan fingerprint density at radius 3 is 2.40 bits per heavy atom. The summed E-state index contributed by atoms with van der Waals surface area (Å²) in [5.41, 5.74) is 1.00. The SMILES string of the molecule is CCC(=O)Nc1cccc(NC(=O)O)c1. The van der Waals surface area contributed by atoms with E-state index in [-0.39, 0.29) is 5.91 Å². The minimum Gasteiger partial charge on any atom is -0.465 e. The second-order valence-electron chi connectivity index (χ2n) is 2.91.